The van der Waals surface area contributed by atoms with Crippen LogP contribution in [-0.2, 0) is 4.79 Å². The zero-order valence-corrected chi connectivity index (χ0v) is 15.2. The van der Waals surface area contributed by atoms with Gasteiger partial charge in [0.25, 0.3) is 5.91 Å². The number of hydrogen-bond acceptors (Lipinski definition) is 6. The van der Waals surface area contributed by atoms with Gasteiger partial charge in [0.05, 0.1) is 17.8 Å². The highest BCUT2D eigenvalue weighted by Gasteiger charge is 2.12. The molecule has 0 spiro atoms. The van der Waals surface area contributed by atoms with Crippen LogP contribution < -0.4 is 10.6 Å². The minimum absolute atomic E-state index is 0.170. The molecule has 0 atom stereocenters. The number of rotatable bonds is 6. The van der Waals surface area contributed by atoms with E-state index in [2.05, 4.69) is 20.6 Å². The summed E-state index contributed by atoms with van der Waals surface area (Å²) in [5.41, 5.74) is 1.88. The lowest BCUT2D eigenvalue weighted by Gasteiger charge is -2.04. The lowest BCUT2D eigenvalue weighted by atomic mass is 10.0. The van der Waals surface area contributed by atoms with Crippen molar-refractivity contribution in [3.63, 3.8) is 0 Å². The molecule has 2 N–H and O–H groups in total. The number of carbonyl (C=O) groups is 2. The fourth-order valence-corrected chi connectivity index (χ4v) is 2.94. The molecular weight excluding hydrogens is 363 g/mol. The van der Waals surface area contributed by atoms with Gasteiger partial charge in [-0.2, -0.15) is 5.26 Å². The van der Waals surface area contributed by atoms with Crippen molar-refractivity contribution >= 4 is 35.7 Å². The van der Waals surface area contributed by atoms with E-state index in [0.717, 1.165) is 0 Å². The minimum Gasteiger partial charge on any atom is -0.402 e. The molecule has 0 aliphatic rings. The second-order valence-corrected chi connectivity index (χ2v) is 6.25. The lowest BCUT2D eigenvalue weighted by Crippen LogP contribution is -2.32. The van der Waals surface area contributed by atoms with Crippen LogP contribution in [0.2, 0.25) is 6.82 Å². The fraction of sp³-hybridized carbons (Fsp3) is 0.118. The maximum atomic E-state index is 12.0. The van der Waals surface area contributed by atoms with Crippen molar-refractivity contribution in [1.29, 1.82) is 5.26 Å². The van der Waals surface area contributed by atoms with E-state index in [1.807, 2.05) is 20.3 Å². The molecule has 3 aromatic heterocycles. The van der Waals surface area contributed by atoms with Gasteiger partial charge >= 0.3 is 0 Å². The van der Waals surface area contributed by atoms with Crippen LogP contribution in [0.4, 0.5) is 5.13 Å². The number of thiazole rings is 1. The number of nitrogens with one attached hydrogen (secondary N) is 2. The quantitative estimate of drug-likeness (QED) is 0.636. The smallest absolute Gasteiger partial charge is 0.253 e. The van der Waals surface area contributed by atoms with Crippen LogP contribution in [0.1, 0.15) is 16.1 Å². The molecule has 0 aromatic carbocycles. The topological polar surface area (TPSA) is 113 Å². The van der Waals surface area contributed by atoms with Crippen LogP contribution in [0.15, 0.2) is 42.0 Å². The molecule has 0 saturated carbocycles. The molecule has 3 aromatic rings. The number of nitriles is 1. The Hall–Kier alpha value is -3.45. The van der Waals surface area contributed by atoms with Crippen molar-refractivity contribution in [2.24, 2.45) is 0 Å². The lowest BCUT2D eigenvalue weighted by molar-refractivity contribution is -0.115. The first-order chi connectivity index (χ1) is 13.1. The van der Waals surface area contributed by atoms with Crippen molar-refractivity contribution in [2.45, 2.75) is 6.82 Å². The van der Waals surface area contributed by atoms with Crippen LogP contribution in [0.3, 0.4) is 0 Å². The number of anilines is 1. The molecule has 10 heteroatoms. The summed E-state index contributed by atoms with van der Waals surface area (Å²) in [7, 11) is 1.81. The Kier molecular flexibility index (Phi) is 5.63. The number of hydrogen-bond donors (Lipinski definition) is 2. The fourth-order valence-electron chi connectivity index (χ4n) is 2.22. The highest BCUT2D eigenvalue weighted by molar-refractivity contribution is 7.14. The molecule has 3 rings (SSSR count). The second-order valence-electron chi connectivity index (χ2n) is 5.39. The van der Waals surface area contributed by atoms with E-state index in [4.69, 9.17) is 5.26 Å². The maximum Gasteiger partial charge on any atom is 0.253 e. The molecule has 1 radical (unpaired) electrons. The molecule has 0 bridgehead atoms. The third-order valence-corrected chi connectivity index (χ3v) is 4.32. The van der Waals surface area contributed by atoms with Gasteiger partial charge in [-0.05, 0) is 24.4 Å². The number of aromatic nitrogens is 3. The third-order valence-electron chi connectivity index (χ3n) is 3.56. The molecule has 133 valence electrons. The minimum atomic E-state index is -0.385. The molecule has 2 amide bonds. The molecule has 0 unspecified atom stereocenters. The number of carbonyl (C=O) groups excluding carboxylic acids is 2. The molecule has 0 fully saturated rings. The monoisotopic (exact) mass is 377 g/mol. The van der Waals surface area contributed by atoms with Gasteiger partial charge in [-0.1, -0.05) is 12.9 Å². The summed E-state index contributed by atoms with van der Waals surface area (Å²) >= 11 is 1.24. The van der Waals surface area contributed by atoms with Crippen LogP contribution in [0.25, 0.3) is 11.4 Å². The van der Waals surface area contributed by atoms with Gasteiger partial charge in [0.15, 0.2) is 5.13 Å². The average Bonchev–Trinajstić information content (AvgIpc) is 3.35. The molecule has 0 aliphatic carbocycles. The van der Waals surface area contributed by atoms with Gasteiger partial charge in [0.1, 0.15) is 17.5 Å². The molecule has 0 aliphatic heterocycles. The Labute approximate surface area is 160 Å². The normalized spacial score (nSPS) is 10.1. The number of pyridine rings is 1. The third kappa shape index (κ3) is 4.59. The summed E-state index contributed by atoms with van der Waals surface area (Å²) in [6, 6.07) is 8.71. The molecule has 27 heavy (non-hydrogen) atoms. The highest BCUT2D eigenvalue weighted by atomic mass is 32.1. The zero-order chi connectivity index (χ0) is 19.2. The molecule has 0 saturated heterocycles. The van der Waals surface area contributed by atoms with Crippen molar-refractivity contribution in [3.05, 3.63) is 53.3 Å². The summed E-state index contributed by atoms with van der Waals surface area (Å²) in [6.07, 6.45) is 3.42. The van der Waals surface area contributed by atoms with Gasteiger partial charge in [-0.15, -0.1) is 11.3 Å². The summed E-state index contributed by atoms with van der Waals surface area (Å²) in [4.78, 5) is 32.5. The maximum absolute atomic E-state index is 12.0. The first kappa shape index (κ1) is 18.3. The summed E-state index contributed by atoms with van der Waals surface area (Å²) in [6.45, 7) is 1.68. The summed E-state index contributed by atoms with van der Waals surface area (Å²) < 4.78 is 1.75. The first-order valence-corrected chi connectivity index (χ1v) is 8.85. The van der Waals surface area contributed by atoms with Crippen molar-refractivity contribution in [2.75, 3.05) is 11.9 Å². The van der Waals surface area contributed by atoms with Crippen molar-refractivity contribution in [3.8, 4) is 17.5 Å². The van der Waals surface area contributed by atoms with Crippen LogP contribution in [-0.4, -0.2) is 40.2 Å². The highest BCUT2D eigenvalue weighted by Crippen LogP contribution is 2.23. The Morgan fingerprint density at radius 2 is 2.15 bits per heavy atom. The molecule has 8 nitrogen and oxygen atoms in total. The number of amides is 2. The van der Waals surface area contributed by atoms with Crippen LogP contribution >= 0.6 is 11.3 Å². The van der Waals surface area contributed by atoms with E-state index in [1.165, 1.54) is 11.3 Å². The zero-order valence-electron chi connectivity index (χ0n) is 14.3. The SMILES string of the molecule is C[B]n1ccc(C(=O)NCC(=O)Nc2nc(-c3cccc(C#N)n3)cs2)c1. The Morgan fingerprint density at radius 1 is 1.30 bits per heavy atom. The summed E-state index contributed by atoms with van der Waals surface area (Å²) in [5, 5.41) is 16.2. The van der Waals surface area contributed by atoms with Gasteiger partial charge in [-0.25, -0.2) is 9.97 Å². The van der Waals surface area contributed by atoms with Crippen molar-refractivity contribution in [1.82, 2.24) is 19.8 Å². The molecular formula is C17H14BN6O2S. The standard InChI is InChI=1S/C17H14BN6O2S/c1-18-24-6-5-11(9-24)16(26)20-8-15(25)23-17-22-14(10-27-17)13-4-2-3-12(7-19)21-13/h2-6,9-10H,8H2,1H3,(H,20,26)(H,22,23,25). The van der Waals surface area contributed by atoms with Crippen LogP contribution in [0.5, 0.6) is 0 Å². The van der Waals surface area contributed by atoms with E-state index < -0.39 is 0 Å². The Bertz CT molecular complexity index is 1020. The van der Waals surface area contributed by atoms with E-state index in [9.17, 15) is 9.59 Å². The van der Waals surface area contributed by atoms with Gasteiger partial charge in [0, 0.05) is 11.6 Å². The van der Waals surface area contributed by atoms with Gasteiger partial charge in [0.2, 0.25) is 13.3 Å². The summed E-state index contributed by atoms with van der Waals surface area (Å²) in [5.74, 6) is -0.715. The van der Waals surface area contributed by atoms with E-state index in [1.54, 1.807) is 46.5 Å². The Morgan fingerprint density at radius 3 is 2.89 bits per heavy atom. The first-order valence-electron chi connectivity index (χ1n) is 7.97. The van der Waals surface area contributed by atoms with Gasteiger partial charge in [-0.3, -0.25) is 9.59 Å². The van der Waals surface area contributed by atoms with E-state index in [-0.39, 0.29) is 18.4 Å². The average molecular weight is 377 g/mol. The largest absolute Gasteiger partial charge is 0.402 e. The predicted molar refractivity (Wildman–Crippen MR) is 102 cm³/mol. The van der Waals surface area contributed by atoms with E-state index in [0.29, 0.717) is 27.8 Å². The van der Waals surface area contributed by atoms with Gasteiger partial charge < -0.3 is 15.1 Å². The Balaban J connectivity index is 1.56. The second kappa shape index (κ2) is 8.29. The predicted octanol–water partition coefficient (Wildman–Crippen LogP) is 1.76. The van der Waals surface area contributed by atoms with Crippen LogP contribution in [0, 0.1) is 11.3 Å². The molecule has 3 heterocycles. The number of nitrogens with zero attached hydrogens (tertiary/aromatic N) is 4. The van der Waals surface area contributed by atoms with Crippen molar-refractivity contribution < 1.29 is 9.59 Å². The van der Waals surface area contributed by atoms with E-state index >= 15 is 0 Å².